The van der Waals surface area contributed by atoms with E-state index in [1.54, 1.807) is 18.2 Å². The quantitative estimate of drug-likeness (QED) is 0.187. The Morgan fingerprint density at radius 1 is 0.857 bits per heavy atom. The van der Waals surface area contributed by atoms with Gasteiger partial charge in [-0.2, -0.15) is 0 Å². The van der Waals surface area contributed by atoms with Crippen LogP contribution in [0.25, 0.3) is 6.08 Å². The summed E-state index contributed by atoms with van der Waals surface area (Å²) < 4.78 is 0. The number of Topliss-reactive ketones (excluding diaryl/α,β-unsaturated/α-hetero) is 2. The summed E-state index contributed by atoms with van der Waals surface area (Å²) in [5, 5.41) is 14.4. The molecular weight excluding hydrogens is 530 g/mol. The molecular formula is C34H25N3O5. The molecule has 8 heteroatoms. The second kappa shape index (κ2) is 9.34. The summed E-state index contributed by atoms with van der Waals surface area (Å²) >= 11 is 0. The largest absolute Gasteiger partial charge is 0.358 e. The SMILES string of the molecule is Cc1ccc(C(=O)[C@@H]2[C@H](C(=O)c3ccc([N+](=O)[O-])cc3)[C@]3(C(=O)Nc4ccccc43)[C@@H]3c4ccccc4C=CN23)cc1. The molecule has 1 amide bonds. The molecule has 3 aliphatic rings. The van der Waals surface area contributed by atoms with Gasteiger partial charge in [-0.3, -0.25) is 24.5 Å². The van der Waals surface area contributed by atoms with Crippen molar-refractivity contribution in [3.8, 4) is 0 Å². The molecule has 3 aliphatic heterocycles. The Kier molecular flexibility index (Phi) is 5.69. The molecule has 42 heavy (non-hydrogen) atoms. The number of carbonyl (C=O) groups excluding carboxylic acids is 3. The first-order chi connectivity index (χ1) is 20.3. The van der Waals surface area contributed by atoms with Gasteiger partial charge in [0.1, 0.15) is 11.5 Å². The highest BCUT2D eigenvalue weighted by Gasteiger charge is 2.70. The molecule has 1 N–H and O–H groups in total. The van der Waals surface area contributed by atoms with Crippen LogP contribution in [0.15, 0.2) is 103 Å². The Balaban J connectivity index is 1.51. The highest BCUT2D eigenvalue weighted by molar-refractivity contribution is 6.16. The average Bonchev–Trinajstić information content (AvgIpc) is 3.49. The highest BCUT2D eigenvalue weighted by atomic mass is 16.6. The molecule has 8 nitrogen and oxygen atoms in total. The van der Waals surface area contributed by atoms with Crippen molar-refractivity contribution in [1.29, 1.82) is 0 Å². The third-order valence-electron chi connectivity index (χ3n) is 8.82. The lowest BCUT2D eigenvalue weighted by molar-refractivity contribution is -0.384. The van der Waals surface area contributed by atoms with Gasteiger partial charge in [0.2, 0.25) is 5.91 Å². The molecule has 4 atom stereocenters. The number of nitrogens with one attached hydrogen (secondary N) is 1. The summed E-state index contributed by atoms with van der Waals surface area (Å²) in [6.45, 7) is 1.93. The number of nitro groups is 1. The van der Waals surface area contributed by atoms with Crippen LogP contribution in [0.5, 0.6) is 0 Å². The molecule has 0 aliphatic carbocycles. The monoisotopic (exact) mass is 555 g/mol. The maximum Gasteiger partial charge on any atom is 0.269 e. The van der Waals surface area contributed by atoms with Gasteiger partial charge in [0.05, 0.1) is 16.9 Å². The Morgan fingerprint density at radius 3 is 2.24 bits per heavy atom. The van der Waals surface area contributed by atoms with Crippen LogP contribution < -0.4 is 5.32 Å². The molecule has 1 saturated heterocycles. The molecule has 0 saturated carbocycles. The van der Waals surface area contributed by atoms with Crippen LogP contribution in [0.1, 0.15) is 49.0 Å². The minimum Gasteiger partial charge on any atom is -0.358 e. The summed E-state index contributed by atoms with van der Waals surface area (Å²) in [4.78, 5) is 56.4. The van der Waals surface area contributed by atoms with Gasteiger partial charge < -0.3 is 10.2 Å². The van der Waals surface area contributed by atoms with Crippen molar-refractivity contribution in [3.05, 3.63) is 147 Å². The Bertz CT molecular complexity index is 1830. The van der Waals surface area contributed by atoms with Gasteiger partial charge >= 0.3 is 0 Å². The van der Waals surface area contributed by atoms with E-state index in [4.69, 9.17) is 0 Å². The Labute approximate surface area is 241 Å². The van der Waals surface area contributed by atoms with E-state index in [1.165, 1.54) is 24.3 Å². The number of amides is 1. The van der Waals surface area contributed by atoms with Crippen molar-refractivity contribution >= 4 is 34.9 Å². The number of fused-ring (bicyclic) bond motifs is 6. The number of ketones is 2. The van der Waals surface area contributed by atoms with Gasteiger partial charge in [0.25, 0.3) is 5.69 Å². The minimum atomic E-state index is -1.46. The number of aryl methyl sites for hydroxylation is 1. The van der Waals surface area contributed by atoms with E-state index < -0.39 is 34.1 Å². The van der Waals surface area contributed by atoms with Crippen LogP contribution >= 0.6 is 0 Å². The average molecular weight is 556 g/mol. The van der Waals surface area contributed by atoms with Crippen LogP contribution in [-0.2, 0) is 10.2 Å². The standard InChI is InChI=1S/C34H25N3O5/c1-20-10-12-23(13-11-20)31(39)29-28(30(38)22-14-16-24(17-15-22)37(41)42)34(26-8-4-5-9-27(26)35-33(34)40)32-25-7-3-2-6-21(25)18-19-36(29)32/h2-19,28-29,32H,1H3,(H,35,40)/t28-,29+,32+,34+/m1/s1. The molecule has 3 heterocycles. The van der Waals surface area contributed by atoms with Crippen molar-refractivity contribution in [2.24, 2.45) is 5.92 Å². The van der Waals surface area contributed by atoms with Gasteiger partial charge in [-0.1, -0.05) is 72.3 Å². The first-order valence-electron chi connectivity index (χ1n) is 13.7. The van der Waals surface area contributed by atoms with E-state index in [2.05, 4.69) is 5.32 Å². The number of carbonyl (C=O) groups is 3. The first-order valence-corrected chi connectivity index (χ1v) is 13.7. The summed E-state index contributed by atoms with van der Waals surface area (Å²) in [7, 11) is 0. The fourth-order valence-corrected chi connectivity index (χ4v) is 6.98. The smallest absolute Gasteiger partial charge is 0.269 e. The third kappa shape index (κ3) is 3.51. The maximum atomic E-state index is 14.7. The van der Waals surface area contributed by atoms with E-state index in [-0.39, 0.29) is 22.9 Å². The topological polar surface area (TPSA) is 110 Å². The van der Waals surface area contributed by atoms with Crippen molar-refractivity contribution in [3.63, 3.8) is 0 Å². The van der Waals surface area contributed by atoms with Crippen LogP contribution in [0.4, 0.5) is 11.4 Å². The Morgan fingerprint density at radius 2 is 1.50 bits per heavy atom. The highest BCUT2D eigenvalue weighted by Crippen LogP contribution is 2.62. The second-order valence-corrected chi connectivity index (χ2v) is 11.0. The number of para-hydroxylation sites is 1. The molecule has 0 unspecified atom stereocenters. The van der Waals surface area contributed by atoms with E-state index in [9.17, 15) is 24.5 Å². The molecule has 7 rings (SSSR count). The number of non-ortho nitro benzene ring substituents is 1. The number of nitro benzene ring substituents is 1. The number of anilines is 1. The number of benzene rings is 4. The van der Waals surface area contributed by atoms with Crippen LogP contribution in [0, 0.1) is 23.0 Å². The fourth-order valence-electron chi connectivity index (χ4n) is 6.98. The molecule has 4 aromatic carbocycles. The predicted molar refractivity (Wildman–Crippen MR) is 157 cm³/mol. The van der Waals surface area contributed by atoms with Gasteiger partial charge in [-0.25, -0.2) is 0 Å². The normalized spacial score (nSPS) is 23.2. The molecule has 4 aromatic rings. The maximum absolute atomic E-state index is 14.7. The van der Waals surface area contributed by atoms with Gasteiger partial charge in [-0.15, -0.1) is 0 Å². The molecule has 0 radical (unpaired) electrons. The van der Waals surface area contributed by atoms with Crippen molar-refractivity contribution in [1.82, 2.24) is 4.90 Å². The van der Waals surface area contributed by atoms with E-state index in [1.807, 2.05) is 78.7 Å². The Hall–Kier alpha value is -5.37. The van der Waals surface area contributed by atoms with Crippen LogP contribution in [0.3, 0.4) is 0 Å². The first kappa shape index (κ1) is 25.6. The zero-order valence-electron chi connectivity index (χ0n) is 22.6. The lowest BCUT2D eigenvalue weighted by Gasteiger charge is -2.38. The van der Waals surface area contributed by atoms with Gasteiger partial charge in [-0.05, 0) is 47.9 Å². The van der Waals surface area contributed by atoms with E-state index >= 15 is 0 Å². The zero-order valence-corrected chi connectivity index (χ0v) is 22.6. The fraction of sp³-hybridized carbons (Fsp3) is 0.147. The summed E-state index contributed by atoms with van der Waals surface area (Å²) in [6.07, 6.45) is 3.73. The van der Waals surface area contributed by atoms with Crippen LogP contribution in [0.2, 0.25) is 0 Å². The number of hydrogen-bond acceptors (Lipinski definition) is 6. The molecule has 1 fully saturated rings. The molecule has 0 bridgehead atoms. The number of hydrogen-bond donors (Lipinski definition) is 1. The molecule has 0 aromatic heterocycles. The minimum absolute atomic E-state index is 0.154. The number of nitrogens with zero attached hydrogens (tertiary/aromatic N) is 2. The molecule has 1 spiro atoms. The third-order valence-corrected chi connectivity index (χ3v) is 8.82. The van der Waals surface area contributed by atoms with Gasteiger partial charge in [0.15, 0.2) is 11.6 Å². The zero-order chi connectivity index (χ0) is 29.2. The van der Waals surface area contributed by atoms with Crippen molar-refractivity contribution in [2.45, 2.75) is 24.4 Å². The van der Waals surface area contributed by atoms with Gasteiger partial charge in [0, 0.05) is 35.1 Å². The molecule has 206 valence electrons. The van der Waals surface area contributed by atoms with E-state index in [0.29, 0.717) is 16.8 Å². The second-order valence-electron chi connectivity index (χ2n) is 11.0. The number of rotatable bonds is 5. The van der Waals surface area contributed by atoms with Crippen molar-refractivity contribution < 1.29 is 19.3 Å². The summed E-state index contributed by atoms with van der Waals surface area (Å²) in [6, 6.07) is 25.9. The van der Waals surface area contributed by atoms with Crippen molar-refractivity contribution in [2.75, 3.05) is 5.32 Å². The lowest BCUT2D eigenvalue weighted by Crippen LogP contribution is -2.49. The predicted octanol–water partition coefficient (Wildman–Crippen LogP) is 5.88. The van der Waals surface area contributed by atoms with Crippen LogP contribution in [-0.4, -0.2) is 33.3 Å². The summed E-state index contributed by atoms with van der Waals surface area (Å²) in [5.41, 5.74) is 2.99. The lowest BCUT2D eigenvalue weighted by atomic mass is 9.62. The summed E-state index contributed by atoms with van der Waals surface area (Å²) in [5.74, 6) is -2.21. The van der Waals surface area contributed by atoms with E-state index in [0.717, 1.165) is 16.7 Å².